The summed E-state index contributed by atoms with van der Waals surface area (Å²) in [5.41, 5.74) is 5.88. The molecule has 2 N–H and O–H groups in total. The number of carbonyl (C=O) groups excluding carboxylic acids is 1. The fourth-order valence-electron chi connectivity index (χ4n) is 2.23. The molecule has 7 heteroatoms. The maximum atomic E-state index is 12.0. The average molecular weight is 295 g/mol. The van der Waals surface area contributed by atoms with Crippen molar-refractivity contribution in [2.45, 2.75) is 32.9 Å². The average Bonchev–Trinajstić information content (AvgIpc) is 2.81. The van der Waals surface area contributed by atoms with E-state index in [0.717, 1.165) is 26.2 Å². The van der Waals surface area contributed by atoms with Crippen molar-refractivity contribution in [3.05, 3.63) is 12.4 Å². The summed E-state index contributed by atoms with van der Waals surface area (Å²) in [7, 11) is 0. The molecule has 1 aromatic rings. The predicted octanol–water partition coefficient (Wildman–Crippen LogP) is 1.02. The fraction of sp³-hybridized carbons (Fsp3) is 0.714. The number of rotatable bonds is 3. The first kappa shape index (κ1) is 15.6. The number of carbonyl (C=O) groups is 1. The number of ether oxygens (including phenoxy) is 1. The Labute approximate surface area is 125 Å². The number of nitrogens with zero attached hydrogens (tertiary/aromatic N) is 4. The minimum Gasteiger partial charge on any atom is -0.444 e. The maximum absolute atomic E-state index is 12.0. The molecule has 0 unspecified atom stereocenters. The molecule has 2 heterocycles. The highest BCUT2D eigenvalue weighted by molar-refractivity contribution is 5.68. The number of amides is 1. The number of nitrogens with two attached hydrogens (primary N) is 1. The lowest BCUT2D eigenvalue weighted by Crippen LogP contribution is -2.50. The molecule has 1 aliphatic heterocycles. The lowest BCUT2D eigenvalue weighted by molar-refractivity contribution is 0.0142. The molecule has 0 aliphatic carbocycles. The standard InChI is InChI=1S/C14H25N5O2/c1-14(2,3)21-13(20)18-7-4-17(5-8-18)6-9-19-11-12(15)10-16-19/h10-11H,4-9,15H2,1-3H3. The summed E-state index contributed by atoms with van der Waals surface area (Å²) in [6.07, 6.45) is 3.26. The van der Waals surface area contributed by atoms with Crippen LogP contribution in [0.25, 0.3) is 0 Å². The van der Waals surface area contributed by atoms with Gasteiger partial charge in [-0.25, -0.2) is 4.79 Å². The molecule has 1 saturated heterocycles. The van der Waals surface area contributed by atoms with Gasteiger partial charge in [-0.05, 0) is 20.8 Å². The molecule has 1 aliphatic rings. The first-order valence-electron chi connectivity index (χ1n) is 7.32. The number of aromatic nitrogens is 2. The second-order valence-corrected chi connectivity index (χ2v) is 6.35. The highest BCUT2D eigenvalue weighted by atomic mass is 16.6. The van der Waals surface area contributed by atoms with E-state index in [1.807, 2.05) is 31.6 Å². The lowest BCUT2D eigenvalue weighted by Gasteiger charge is -2.35. The normalized spacial score (nSPS) is 17.0. The fourth-order valence-corrected chi connectivity index (χ4v) is 2.23. The van der Waals surface area contributed by atoms with Crippen LogP contribution in [0.4, 0.5) is 10.5 Å². The SMILES string of the molecule is CC(C)(C)OC(=O)N1CCN(CCn2cc(N)cn2)CC1. The summed E-state index contributed by atoms with van der Waals surface area (Å²) >= 11 is 0. The van der Waals surface area contributed by atoms with E-state index in [9.17, 15) is 4.79 Å². The Balaban J connectivity index is 1.72. The van der Waals surface area contributed by atoms with Gasteiger partial charge in [0.1, 0.15) is 5.60 Å². The van der Waals surface area contributed by atoms with Crippen molar-refractivity contribution >= 4 is 11.8 Å². The third-order valence-corrected chi connectivity index (χ3v) is 3.32. The van der Waals surface area contributed by atoms with Gasteiger partial charge in [-0.3, -0.25) is 9.58 Å². The monoisotopic (exact) mass is 295 g/mol. The van der Waals surface area contributed by atoms with Gasteiger partial charge in [-0.1, -0.05) is 0 Å². The molecule has 0 radical (unpaired) electrons. The van der Waals surface area contributed by atoms with Gasteiger partial charge in [0, 0.05) is 38.9 Å². The molecule has 0 spiro atoms. The zero-order chi connectivity index (χ0) is 15.5. The van der Waals surface area contributed by atoms with E-state index in [-0.39, 0.29) is 6.09 Å². The molecule has 1 aromatic heterocycles. The van der Waals surface area contributed by atoms with Gasteiger partial charge in [-0.15, -0.1) is 0 Å². The summed E-state index contributed by atoms with van der Waals surface area (Å²) in [6, 6.07) is 0. The van der Waals surface area contributed by atoms with Gasteiger partial charge in [0.2, 0.25) is 0 Å². The highest BCUT2D eigenvalue weighted by Gasteiger charge is 2.25. The van der Waals surface area contributed by atoms with Gasteiger partial charge >= 0.3 is 6.09 Å². The minimum atomic E-state index is -0.436. The van der Waals surface area contributed by atoms with Crippen molar-refractivity contribution in [3.8, 4) is 0 Å². The van der Waals surface area contributed by atoms with E-state index >= 15 is 0 Å². The molecule has 0 bridgehead atoms. The van der Waals surface area contributed by atoms with Crippen molar-refractivity contribution in [2.24, 2.45) is 0 Å². The first-order chi connectivity index (χ1) is 9.83. The van der Waals surface area contributed by atoms with E-state index in [1.165, 1.54) is 0 Å². The van der Waals surface area contributed by atoms with E-state index in [2.05, 4.69) is 10.00 Å². The van der Waals surface area contributed by atoms with Crippen molar-refractivity contribution in [1.82, 2.24) is 19.6 Å². The van der Waals surface area contributed by atoms with Gasteiger partial charge in [0.25, 0.3) is 0 Å². The number of nitrogen functional groups attached to an aromatic ring is 1. The zero-order valence-corrected chi connectivity index (χ0v) is 13.1. The summed E-state index contributed by atoms with van der Waals surface area (Å²) in [5.74, 6) is 0. The molecule has 0 atom stereocenters. The second kappa shape index (κ2) is 6.34. The third kappa shape index (κ3) is 4.93. The predicted molar refractivity (Wildman–Crippen MR) is 80.9 cm³/mol. The second-order valence-electron chi connectivity index (χ2n) is 6.35. The van der Waals surface area contributed by atoms with Crippen molar-refractivity contribution in [3.63, 3.8) is 0 Å². The molecular weight excluding hydrogens is 270 g/mol. The Hall–Kier alpha value is -1.76. The lowest BCUT2D eigenvalue weighted by atomic mass is 10.2. The smallest absolute Gasteiger partial charge is 0.410 e. The number of anilines is 1. The Morgan fingerprint density at radius 2 is 1.95 bits per heavy atom. The van der Waals surface area contributed by atoms with Crippen molar-refractivity contribution in [1.29, 1.82) is 0 Å². The van der Waals surface area contributed by atoms with Crippen molar-refractivity contribution < 1.29 is 9.53 Å². The molecule has 118 valence electrons. The maximum Gasteiger partial charge on any atom is 0.410 e. The Morgan fingerprint density at radius 3 is 2.48 bits per heavy atom. The van der Waals surface area contributed by atoms with Crippen LogP contribution in [0.15, 0.2) is 12.4 Å². The van der Waals surface area contributed by atoms with Crippen LogP contribution >= 0.6 is 0 Å². The molecule has 2 rings (SSSR count). The van der Waals surface area contributed by atoms with E-state index in [0.29, 0.717) is 18.8 Å². The molecule has 21 heavy (non-hydrogen) atoms. The van der Waals surface area contributed by atoms with E-state index < -0.39 is 5.60 Å². The van der Waals surface area contributed by atoms with Crippen molar-refractivity contribution in [2.75, 3.05) is 38.5 Å². The number of hydrogen-bond donors (Lipinski definition) is 1. The van der Waals surface area contributed by atoms with Crippen LogP contribution in [0, 0.1) is 0 Å². The Kier molecular flexibility index (Phi) is 4.72. The summed E-state index contributed by atoms with van der Waals surface area (Å²) in [6.45, 7) is 10.5. The molecular formula is C14H25N5O2. The Morgan fingerprint density at radius 1 is 1.29 bits per heavy atom. The van der Waals surface area contributed by atoms with E-state index in [4.69, 9.17) is 10.5 Å². The highest BCUT2D eigenvalue weighted by Crippen LogP contribution is 2.11. The molecule has 7 nitrogen and oxygen atoms in total. The quantitative estimate of drug-likeness (QED) is 0.901. The molecule has 0 saturated carbocycles. The third-order valence-electron chi connectivity index (χ3n) is 3.32. The Bertz CT molecular complexity index is 472. The van der Waals surface area contributed by atoms with Crippen LogP contribution < -0.4 is 5.73 Å². The number of hydrogen-bond acceptors (Lipinski definition) is 5. The first-order valence-corrected chi connectivity index (χ1v) is 7.32. The summed E-state index contributed by atoms with van der Waals surface area (Å²) in [4.78, 5) is 16.0. The molecule has 1 amide bonds. The molecule has 0 aromatic carbocycles. The largest absolute Gasteiger partial charge is 0.444 e. The zero-order valence-electron chi connectivity index (χ0n) is 13.1. The van der Waals surface area contributed by atoms with Crippen LogP contribution in [0.2, 0.25) is 0 Å². The minimum absolute atomic E-state index is 0.220. The molecule has 1 fully saturated rings. The van der Waals surface area contributed by atoms with Crippen LogP contribution in [0.3, 0.4) is 0 Å². The van der Waals surface area contributed by atoms with E-state index in [1.54, 1.807) is 11.1 Å². The van der Waals surface area contributed by atoms with Gasteiger partial charge in [0.15, 0.2) is 0 Å². The van der Waals surface area contributed by atoms with Crippen LogP contribution in [-0.2, 0) is 11.3 Å². The summed E-state index contributed by atoms with van der Waals surface area (Å²) in [5, 5.41) is 4.16. The summed E-state index contributed by atoms with van der Waals surface area (Å²) < 4.78 is 7.23. The van der Waals surface area contributed by atoms with Crippen LogP contribution in [0.5, 0.6) is 0 Å². The van der Waals surface area contributed by atoms with Gasteiger partial charge < -0.3 is 15.4 Å². The number of piperazine rings is 1. The van der Waals surface area contributed by atoms with Crippen LogP contribution in [-0.4, -0.2) is 64.0 Å². The van der Waals surface area contributed by atoms with Gasteiger partial charge in [-0.2, -0.15) is 5.10 Å². The van der Waals surface area contributed by atoms with Gasteiger partial charge in [0.05, 0.1) is 18.4 Å². The van der Waals surface area contributed by atoms with Crippen LogP contribution in [0.1, 0.15) is 20.8 Å². The topological polar surface area (TPSA) is 76.6 Å².